The van der Waals surface area contributed by atoms with Crippen LogP contribution in [0.15, 0.2) is 53.6 Å². The molecule has 1 fully saturated rings. The van der Waals surface area contributed by atoms with E-state index in [1.165, 1.54) is 18.3 Å². The van der Waals surface area contributed by atoms with Gasteiger partial charge in [-0.15, -0.1) is 0 Å². The summed E-state index contributed by atoms with van der Waals surface area (Å²) in [6.07, 6.45) is 1.95. The Hall–Kier alpha value is -3.30. The van der Waals surface area contributed by atoms with Gasteiger partial charge in [-0.3, -0.25) is 14.9 Å². The number of para-hydroxylation sites is 1. The van der Waals surface area contributed by atoms with Gasteiger partial charge in [-0.1, -0.05) is 24.3 Å². The molecule has 1 aliphatic rings. The molecule has 1 aliphatic heterocycles. The number of nitrogens with zero attached hydrogens (tertiary/aromatic N) is 2. The summed E-state index contributed by atoms with van der Waals surface area (Å²) in [7, 11) is 1.56. The topological polar surface area (TPSA) is 118 Å². The van der Waals surface area contributed by atoms with E-state index < -0.39 is 11.0 Å². The molecule has 0 aromatic heterocycles. The fraction of sp³-hybridized carbons (Fsp3) is 0.222. The lowest BCUT2D eigenvalue weighted by molar-refractivity contribution is -0.384. The highest BCUT2D eigenvalue weighted by Gasteiger charge is 2.30. The Morgan fingerprint density at radius 3 is 2.89 bits per heavy atom. The molecule has 0 radical (unpaired) electrons. The Bertz CT molecular complexity index is 870. The summed E-state index contributed by atoms with van der Waals surface area (Å²) in [6.45, 7) is 0. The molecule has 1 amide bonds. The van der Waals surface area contributed by atoms with E-state index in [-0.39, 0.29) is 17.6 Å². The zero-order valence-electron chi connectivity index (χ0n) is 14.6. The third-order valence-electron chi connectivity index (χ3n) is 4.22. The van der Waals surface area contributed by atoms with E-state index in [2.05, 4.69) is 21.4 Å². The summed E-state index contributed by atoms with van der Waals surface area (Å²) in [5.74, 6) is 0.350. The number of amides is 1. The van der Waals surface area contributed by atoms with Crippen molar-refractivity contribution in [3.05, 3.63) is 69.8 Å². The van der Waals surface area contributed by atoms with Crippen LogP contribution < -0.4 is 21.0 Å². The van der Waals surface area contributed by atoms with E-state index in [1.807, 2.05) is 18.2 Å². The van der Waals surface area contributed by atoms with Gasteiger partial charge >= 0.3 is 0 Å². The third-order valence-corrected chi connectivity index (χ3v) is 4.22. The van der Waals surface area contributed by atoms with E-state index in [1.54, 1.807) is 25.3 Å². The van der Waals surface area contributed by atoms with Crippen LogP contribution in [-0.4, -0.2) is 30.2 Å². The van der Waals surface area contributed by atoms with Crippen LogP contribution in [0.1, 0.15) is 23.6 Å². The Balaban J connectivity index is 1.58. The fourth-order valence-electron chi connectivity index (χ4n) is 2.82. The van der Waals surface area contributed by atoms with E-state index in [0.717, 1.165) is 11.1 Å². The number of benzene rings is 2. The summed E-state index contributed by atoms with van der Waals surface area (Å²) in [4.78, 5) is 22.7. The monoisotopic (exact) mass is 369 g/mol. The second-order valence-corrected chi connectivity index (χ2v) is 5.96. The van der Waals surface area contributed by atoms with Gasteiger partial charge in [0.2, 0.25) is 0 Å². The van der Waals surface area contributed by atoms with Crippen LogP contribution in [0.25, 0.3) is 0 Å². The number of non-ortho nitro benzene ring substituents is 1. The van der Waals surface area contributed by atoms with Gasteiger partial charge in [0.15, 0.2) is 0 Å². The van der Waals surface area contributed by atoms with Gasteiger partial charge in [-0.05, 0) is 24.1 Å². The van der Waals surface area contributed by atoms with Crippen LogP contribution in [-0.2, 0) is 4.79 Å². The normalized spacial score (nSPS) is 19.1. The quantitative estimate of drug-likeness (QED) is 0.405. The summed E-state index contributed by atoms with van der Waals surface area (Å²) in [5.41, 5.74) is 9.88. The van der Waals surface area contributed by atoms with Crippen LogP contribution in [0.4, 0.5) is 5.69 Å². The predicted molar refractivity (Wildman–Crippen MR) is 99.2 cm³/mol. The first kappa shape index (κ1) is 18.5. The van der Waals surface area contributed by atoms with Gasteiger partial charge in [0.1, 0.15) is 11.8 Å². The number of carbonyl (C=O) groups excluding carboxylic acids is 1. The molecular formula is C18H19N5O4. The number of rotatable bonds is 6. The Morgan fingerprint density at radius 1 is 1.30 bits per heavy atom. The highest BCUT2D eigenvalue weighted by atomic mass is 16.6. The molecule has 1 heterocycles. The first-order chi connectivity index (χ1) is 13.1. The van der Waals surface area contributed by atoms with Crippen molar-refractivity contribution in [2.24, 2.45) is 5.10 Å². The van der Waals surface area contributed by atoms with E-state index >= 15 is 0 Å². The zero-order valence-corrected chi connectivity index (χ0v) is 14.6. The minimum Gasteiger partial charge on any atom is -0.496 e. The third kappa shape index (κ3) is 4.46. The standard InChI is InChI=1S/C18H19N5O4/c1-27-17-8-3-2-5-13(17)11-19-22-18(24)16-10-15(20-21-16)12-6-4-7-14(9-12)23(25)26/h2-9,11,15-16,20-21H,10H2,1H3,(H,22,24)/b19-11+. The lowest BCUT2D eigenvalue weighted by atomic mass is 10.0. The Kier molecular flexibility index (Phi) is 5.74. The molecule has 3 rings (SSSR count). The largest absolute Gasteiger partial charge is 0.496 e. The molecule has 0 saturated carbocycles. The molecule has 27 heavy (non-hydrogen) atoms. The molecule has 9 heteroatoms. The molecule has 0 spiro atoms. The highest BCUT2D eigenvalue weighted by molar-refractivity contribution is 5.86. The second kappa shape index (κ2) is 8.39. The van der Waals surface area contributed by atoms with Gasteiger partial charge in [0.25, 0.3) is 11.6 Å². The van der Waals surface area contributed by atoms with Crippen LogP contribution in [0.3, 0.4) is 0 Å². The lowest BCUT2D eigenvalue weighted by Crippen LogP contribution is -2.41. The number of carbonyl (C=O) groups is 1. The average Bonchev–Trinajstić information content (AvgIpc) is 3.19. The maximum Gasteiger partial charge on any atom is 0.269 e. The van der Waals surface area contributed by atoms with E-state index in [4.69, 9.17) is 4.74 Å². The zero-order chi connectivity index (χ0) is 19.2. The number of hydrogen-bond donors (Lipinski definition) is 3. The Labute approximate surface area is 155 Å². The van der Waals surface area contributed by atoms with Crippen molar-refractivity contribution in [2.45, 2.75) is 18.5 Å². The second-order valence-electron chi connectivity index (χ2n) is 5.96. The number of hydrogen-bond acceptors (Lipinski definition) is 7. The van der Waals surface area contributed by atoms with Crippen molar-refractivity contribution < 1.29 is 14.5 Å². The van der Waals surface area contributed by atoms with Crippen LogP contribution in [0.2, 0.25) is 0 Å². The van der Waals surface area contributed by atoms with Gasteiger partial charge in [-0.25, -0.2) is 16.3 Å². The first-order valence-corrected chi connectivity index (χ1v) is 8.30. The SMILES string of the molecule is COc1ccccc1/C=N/NC(=O)C1CC(c2cccc([N+](=O)[O-])c2)NN1. The number of nitro groups is 1. The number of ether oxygens (including phenoxy) is 1. The minimum absolute atomic E-state index is 0.0172. The number of hydrazine groups is 1. The molecule has 2 aromatic carbocycles. The van der Waals surface area contributed by atoms with Crippen LogP contribution in [0.5, 0.6) is 5.75 Å². The first-order valence-electron chi connectivity index (χ1n) is 8.30. The van der Waals surface area contributed by atoms with Crippen molar-refractivity contribution in [3.8, 4) is 5.75 Å². The summed E-state index contributed by atoms with van der Waals surface area (Å²) >= 11 is 0. The van der Waals surface area contributed by atoms with Crippen molar-refractivity contribution in [3.63, 3.8) is 0 Å². The van der Waals surface area contributed by atoms with Crippen molar-refractivity contribution in [1.82, 2.24) is 16.3 Å². The van der Waals surface area contributed by atoms with Crippen molar-refractivity contribution in [1.29, 1.82) is 0 Å². The smallest absolute Gasteiger partial charge is 0.269 e. The molecule has 0 aliphatic carbocycles. The van der Waals surface area contributed by atoms with Gasteiger partial charge < -0.3 is 4.74 Å². The molecule has 1 saturated heterocycles. The number of nitrogens with one attached hydrogen (secondary N) is 3. The van der Waals surface area contributed by atoms with E-state index in [9.17, 15) is 14.9 Å². The van der Waals surface area contributed by atoms with Crippen LogP contribution >= 0.6 is 0 Å². The maximum absolute atomic E-state index is 12.3. The minimum atomic E-state index is -0.510. The van der Waals surface area contributed by atoms with Crippen LogP contribution in [0, 0.1) is 10.1 Å². The average molecular weight is 369 g/mol. The van der Waals surface area contributed by atoms with Crippen molar-refractivity contribution >= 4 is 17.8 Å². The van der Waals surface area contributed by atoms with Crippen molar-refractivity contribution in [2.75, 3.05) is 7.11 Å². The lowest BCUT2D eigenvalue weighted by Gasteiger charge is -2.09. The van der Waals surface area contributed by atoms with E-state index in [0.29, 0.717) is 12.2 Å². The van der Waals surface area contributed by atoms with Gasteiger partial charge in [-0.2, -0.15) is 5.10 Å². The molecule has 140 valence electrons. The van der Waals surface area contributed by atoms with Gasteiger partial charge in [0.05, 0.1) is 18.2 Å². The molecular weight excluding hydrogens is 350 g/mol. The fourth-order valence-corrected chi connectivity index (χ4v) is 2.82. The van der Waals surface area contributed by atoms with Gasteiger partial charge in [0, 0.05) is 23.7 Å². The molecule has 2 unspecified atom stereocenters. The highest BCUT2D eigenvalue weighted by Crippen LogP contribution is 2.25. The molecule has 2 atom stereocenters. The Morgan fingerprint density at radius 2 is 2.11 bits per heavy atom. The summed E-state index contributed by atoms with van der Waals surface area (Å²) in [5, 5.41) is 14.9. The number of methoxy groups -OCH3 is 1. The molecule has 0 bridgehead atoms. The molecule has 3 N–H and O–H groups in total. The maximum atomic E-state index is 12.3. The number of nitro benzene ring substituents is 1. The summed E-state index contributed by atoms with van der Waals surface area (Å²) < 4.78 is 5.22. The molecule has 2 aromatic rings. The number of hydrazone groups is 1. The summed E-state index contributed by atoms with van der Waals surface area (Å²) in [6, 6.07) is 12.9. The molecule has 9 nitrogen and oxygen atoms in total. The predicted octanol–water partition coefficient (Wildman–Crippen LogP) is 1.66.